The first-order valence-electron chi connectivity index (χ1n) is 8.95. The number of halogens is 1. The molecule has 0 bridgehead atoms. The fourth-order valence-corrected chi connectivity index (χ4v) is 4.02. The van der Waals surface area contributed by atoms with E-state index in [2.05, 4.69) is 5.32 Å². The molecule has 7 heteroatoms. The number of rotatable bonds is 6. The summed E-state index contributed by atoms with van der Waals surface area (Å²) in [6.45, 7) is -0.0318. The molecule has 0 radical (unpaired) electrons. The molecule has 0 saturated carbocycles. The molecule has 0 spiro atoms. The van der Waals surface area contributed by atoms with E-state index in [4.69, 9.17) is 4.42 Å². The number of para-hydroxylation sites is 1. The third kappa shape index (κ3) is 4.35. The number of furan rings is 1. The summed E-state index contributed by atoms with van der Waals surface area (Å²) in [5.41, 5.74) is 0.645. The number of anilines is 1. The fraction of sp³-hybridized carbons (Fsp3) is 0.0909. The Morgan fingerprint density at radius 2 is 1.86 bits per heavy atom. The number of carbonyl (C=O) groups is 2. The van der Waals surface area contributed by atoms with E-state index in [-0.39, 0.29) is 30.7 Å². The van der Waals surface area contributed by atoms with E-state index in [1.165, 1.54) is 34.6 Å². The van der Waals surface area contributed by atoms with Crippen LogP contribution in [-0.4, -0.2) is 23.3 Å². The smallest absolute Gasteiger partial charge is 0.264 e. The second-order valence-electron chi connectivity index (χ2n) is 6.42. The van der Waals surface area contributed by atoms with Crippen molar-refractivity contribution >= 4 is 38.9 Å². The highest BCUT2D eigenvalue weighted by Gasteiger charge is 2.23. The van der Waals surface area contributed by atoms with Crippen molar-refractivity contribution in [2.24, 2.45) is 0 Å². The maximum atomic E-state index is 14.0. The lowest BCUT2D eigenvalue weighted by molar-refractivity contribution is -0.117. The lowest BCUT2D eigenvalue weighted by Crippen LogP contribution is -2.37. The maximum absolute atomic E-state index is 14.0. The molecule has 1 N–H and O–H groups in total. The van der Waals surface area contributed by atoms with Crippen molar-refractivity contribution in [1.29, 1.82) is 0 Å². The largest absolute Gasteiger partial charge is 0.467 e. The van der Waals surface area contributed by atoms with Crippen molar-refractivity contribution in [3.8, 4) is 0 Å². The summed E-state index contributed by atoms with van der Waals surface area (Å²) in [7, 11) is 0. The van der Waals surface area contributed by atoms with Gasteiger partial charge < -0.3 is 14.6 Å². The van der Waals surface area contributed by atoms with Crippen LogP contribution in [0.4, 0.5) is 10.1 Å². The number of benzene rings is 2. The Hall–Kier alpha value is -3.45. The number of nitrogens with zero attached hydrogens (tertiary/aromatic N) is 1. The van der Waals surface area contributed by atoms with Crippen LogP contribution in [0, 0.1) is 5.82 Å². The third-order valence-electron chi connectivity index (χ3n) is 4.33. The van der Waals surface area contributed by atoms with Crippen LogP contribution in [-0.2, 0) is 11.3 Å². The Labute approximate surface area is 170 Å². The quantitative estimate of drug-likeness (QED) is 0.493. The van der Waals surface area contributed by atoms with Crippen LogP contribution in [0.1, 0.15) is 15.4 Å². The molecule has 0 saturated heterocycles. The molecule has 2 aromatic carbocycles. The van der Waals surface area contributed by atoms with Crippen LogP contribution in [0.15, 0.2) is 77.4 Å². The number of hydrogen-bond acceptors (Lipinski definition) is 4. The van der Waals surface area contributed by atoms with Gasteiger partial charge in [-0.2, -0.15) is 0 Å². The predicted molar refractivity (Wildman–Crippen MR) is 110 cm³/mol. The lowest BCUT2D eigenvalue weighted by Gasteiger charge is -2.20. The zero-order valence-electron chi connectivity index (χ0n) is 15.3. The van der Waals surface area contributed by atoms with E-state index in [1.54, 1.807) is 36.4 Å². The van der Waals surface area contributed by atoms with Crippen LogP contribution in [0.2, 0.25) is 0 Å². The molecule has 0 atom stereocenters. The van der Waals surface area contributed by atoms with Gasteiger partial charge in [-0.25, -0.2) is 4.39 Å². The number of nitrogens with one attached hydrogen (secondary N) is 1. The minimum atomic E-state index is -0.378. The zero-order chi connectivity index (χ0) is 20.2. The van der Waals surface area contributed by atoms with Crippen molar-refractivity contribution in [1.82, 2.24) is 4.90 Å². The molecule has 5 nitrogen and oxygen atoms in total. The number of fused-ring (bicyclic) bond motifs is 1. The third-order valence-corrected chi connectivity index (χ3v) is 5.41. The molecule has 0 unspecified atom stereocenters. The first-order valence-corrected chi connectivity index (χ1v) is 9.76. The molecule has 0 fully saturated rings. The monoisotopic (exact) mass is 408 g/mol. The van der Waals surface area contributed by atoms with Gasteiger partial charge in [0.05, 0.1) is 17.7 Å². The summed E-state index contributed by atoms with van der Waals surface area (Å²) in [5.74, 6) is -0.510. The second-order valence-corrected chi connectivity index (χ2v) is 7.50. The summed E-state index contributed by atoms with van der Waals surface area (Å²) in [4.78, 5) is 27.4. The number of thiophene rings is 1. The van der Waals surface area contributed by atoms with Gasteiger partial charge in [0.2, 0.25) is 5.91 Å². The number of amides is 2. The summed E-state index contributed by atoms with van der Waals surface area (Å²) in [6, 6.07) is 18.7. The summed E-state index contributed by atoms with van der Waals surface area (Å²) in [6.07, 6.45) is 1.51. The van der Waals surface area contributed by atoms with Crippen molar-refractivity contribution < 1.29 is 18.4 Å². The maximum Gasteiger partial charge on any atom is 0.264 e. The molecule has 29 heavy (non-hydrogen) atoms. The molecule has 0 aliphatic rings. The lowest BCUT2D eigenvalue weighted by atomic mass is 10.2. The summed E-state index contributed by atoms with van der Waals surface area (Å²) < 4.78 is 20.1. The normalized spacial score (nSPS) is 10.8. The van der Waals surface area contributed by atoms with E-state index >= 15 is 0 Å². The molecular weight excluding hydrogens is 391 g/mol. The summed E-state index contributed by atoms with van der Waals surface area (Å²) >= 11 is 1.20. The molecular formula is C22H17FN2O3S. The average Bonchev–Trinajstić information content (AvgIpc) is 3.38. The fourth-order valence-electron chi connectivity index (χ4n) is 2.97. The molecule has 0 aliphatic heterocycles. The Bertz CT molecular complexity index is 1140. The van der Waals surface area contributed by atoms with E-state index in [9.17, 15) is 14.0 Å². The van der Waals surface area contributed by atoms with Crippen molar-refractivity contribution in [3.63, 3.8) is 0 Å². The van der Waals surface area contributed by atoms with Crippen LogP contribution >= 0.6 is 11.3 Å². The molecule has 2 amide bonds. The van der Waals surface area contributed by atoms with Crippen LogP contribution < -0.4 is 5.32 Å². The van der Waals surface area contributed by atoms with Gasteiger partial charge in [0.15, 0.2) is 0 Å². The minimum absolute atomic E-state index is 0.130. The highest BCUT2D eigenvalue weighted by molar-refractivity contribution is 7.20. The number of carbonyl (C=O) groups excluding carboxylic acids is 2. The van der Waals surface area contributed by atoms with E-state index in [0.29, 0.717) is 26.4 Å². The Morgan fingerprint density at radius 3 is 2.59 bits per heavy atom. The summed E-state index contributed by atoms with van der Waals surface area (Å²) in [5, 5.41) is 3.17. The minimum Gasteiger partial charge on any atom is -0.467 e. The molecule has 0 aliphatic carbocycles. The highest BCUT2D eigenvalue weighted by Crippen LogP contribution is 2.29. The topological polar surface area (TPSA) is 62.6 Å². The molecule has 4 aromatic rings. The molecule has 2 heterocycles. The van der Waals surface area contributed by atoms with Gasteiger partial charge in [-0.1, -0.05) is 24.3 Å². The van der Waals surface area contributed by atoms with Gasteiger partial charge in [0.1, 0.15) is 18.1 Å². The van der Waals surface area contributed by atoms with Gasteiger partial charge in [-0.05, 0) is 42.5 Å². The average molecular weight is 408 g/mol. The molecule has 146 valence electrons. The Balaban J connectivity index is 1.57. The Morgan fingerprint density at radius 1 is 1.03 bits per heavy atom. The number of hydrogen-bond donors (Lipinski definition) is 1. The van der Waals surface area contributed by atoms with E-state index in [1.807, 2.05) is 18.2 Å². The van der Waals surface area contributed by atoms with Crippen molar-refractivity contribution in [2.45, 2.75) is 6.54 Å². The molecule has 2 aromatic heterocycles. The first-order chi connectivity index (χ1) is 14.1. The van der Waals surface area contributed by atoms with Gasteiger partial charge in [-0.3, -0.25) is 9.59 Å². The molecule has 4 rings (SSSR count). The van der Waals surface area contributed by atoms with Crippen molar-refractivity contribution in [2.75, 3.05) is 11.9 Å². The second kappa shape index (κ2) is 8.28. The van der Waals surface area contributed by atoms with Crippen molar-refractivity contribution in [3.05, 3.63) is 89.4 Å². The van der Waals surface area contributed by atoms with Crippen LogP contribution in [0.5, 0.6) is 0 Å². The zero-order valence-corrected chi connectivity index (χ0v) is 16.1. The highest BCUT2D eigenvalue weighted by atomic mass is 32.1. The van der Waals surface area contributed by atoms with Gasteiger partial charge in [0.25, 0.3) is 5.91 Å². The van der Waals surface area contributed by atoms with Gasteiger partial charge >= 0.3 is 0 Å². The van der Waals surface area contributed by atoms with E-state index < -0.39 is 0 Å². The predicted octanol–water partition coefficient (Wildman–Crippen LogP) is 4.91. The Kier molecular flexibility index (Phi) is 5.39. The SMILES string of the molecule is O=C(CN(Cc1ccco1)C(=O)c1cc2c(F)cccc2s1)Nc1ccccc1. The van der Waals surface area contributed by atoms with Gasteiger partial charge in [0, 0.05) is 15.8 Å². The van der Waals surface area contributed by atoms with E-state index in [0.717, 1.165) is 0 Å². The first kappa shape index (κ1) is 18.9. The van der Waals surface area contributed by atoms with Gasteiger partial charge in [-0.15, -0.1) is 11.3 Å². The standard InChI is InChI=1S/C22H17FN2O3S/c23-18-9-4-10-19-17(18)12-20(29-19)22(27)25(13-16-8-5-11-28-16)14-21(26)24-15-6-2-1-3-7-15/h1-12H,13-14H2,(H,24,26). The van der Waals surface area contributed by atoms with Crippen LogP contribution in [0.25, 0.3) is 10.1 Å². The van der Waals surface area contributed by atoms with Crippen LogP contribution in [0.3, 0.4) is 0 Å².